The van der Waals surface area contributed by atoms with Gasteiger partial charge in [0.15, 0.2) is 0 Å². The van der Waals surface area contributed by atoms with Gasteiger partial charge >= 0.3 is 0 Å². The molecule has 82 valence electrons. The van der Waals surface area contributed by atoms with Crippen LogP contribution >= 0.6 is 0 Å². The van der Waals surface area contributed by atoms with E-state index >= 15 is 0 Å². The molecule has 0 bridgehead atoms. The minimum Gasteiger partial charge on any atom is -0.387 e. The van der Waals surface area contributed by atoms with Crippen LogP contribution in [-0.4, -0.2) is 18.7 Å². The highest BCUT2D eigenvalue weighted by Crippen LogP contribution is 2.36. The van der Waals surface area contributed by atoms with Crippen LogP contribution in [0.1, 0.15) is 42.4 Å². The standard InChI is InChI=1S/C13H19NO/c1-14-9-13(15)12-7-3-6-11(8-12)10-4-2-5-10/h3,6-8,10,13-15H,2,4-5,9H2,1H3. The third kappa shape index (κ3) is 2.39. The predicted octanol–water partition coefficient (Wildman–Crippen LogP) is 2.21. The van der Waals surface area contributed by atoms with Gasteiger partial charge in [-0.15, -0.1) is 0 Å². The number of rotatable bonds is 4. The number of nitrogens with one attached hydrogen (secondary N) is 1. The summed E-state index contributed by atoms with van der Waals surface area (Å²) in [6.45, 7) is 0.619. The summed E-state index contributed by atoms with van der Waals surface area (Å²) >= 11 is 0. The van der Waals surface area contributed by atoms with E-state index in [1.165, 1.54) is 24.8 Å². The lowest BCUT2D eigenvalue weighted by atomic mass is 9.79. The molecule has 2 N–H and O–H groups in total. The van der Waals surface area contributed by atoms with Crippen LogP contribution in [0.15, 0.2) is 24.3 Å². The van der Waals surface area contributed by atoms with Gasteiger partial charge in [0.1, 0.15) is 0 Å². The number of aliphatic hydroxyl groups excluding tert-OH is 1. The Kier molecular flexibility index (Phi) is 3.39. The summed E-state index contributed by atoms with van der Waals surface area (Å²) in [5.74, 6) is 0.742. The molecule has 0 heterocycles. The first-order valence-corrected chi connectivity index (χ1v) is 5.74. The monoisotopic (exact) mass is 205 g/mol. The number of benzene rings is 1. The minimum atomic E-state index is -0.380. The number of aliphatic hydroxyl groups is 1. The fourth-order valence-electron chi connectivity index (χ4n) is 2.07. The van der Waals surface area contributed by atoms with Crippen molar-refractivity contribution in [1.29, 1.82) is 0 Å². The second-order valence-electron chi connectivity index (χ2n) is 4.37. The Morgan fingerprint density at radius 3 is 2.87 bits per heavy atom. The molecule has 15 heavy (non-hydrogen) atoms. The molecule has 2 heteroatoms. The Labute approximate surface area is 91.3 Å². The highest BCUT2D eigenvalue weighted by Gasteiger charge is 2.20. The van der Waals surface area contributed by atoms with Crippen molar-refractivity contribution in [2.45, 2.75) is 31.3 Å². The molecule has 0 aliphatic heterocycles. The number of likely N-dealkylation sites (N-methyl/N-ethyl adjacent to an activating group) is 1. The summed E-state index contributed by atoms with van der Waals surface area (Å²) in [7, 11) is 1.86. The van der Waals surface area contributed by atoms with E-state index in [1.807, 2.05) is 13.1 Å². The Bertz CT molecular complexity index is 320. The fraction of sp³-hybridized carbons (Fsp3) is 0.538. The average molecular weight is 205 g/mol. The summed E-state index contributed by atoms with van der Waals surface area (Å²) in [6, 6.07) is 8.40. The van der Waals surface area contributed by atoms with Gasteiger partial charge in [0.25, 0.3) is 0 Å². The fourth-order valence-corrected chi connectivity index (χ4v) is 2.07. The highest BCUT2D eigenvalue weighted by molar-refractivity contribution is 5.29. The molecule has 1 aliphatic rings. The van der Waals surface area contributed by atoms with Crippen LogP contribution in [0.2, 0.25) is 0 Å². The second kappa shape index (κ2) is 4.77. The first-order valence-electron chi connectivity index (χ1n) is 5.74. The van der Waals surface area contributed by atoms with E-state index in [4.69, 9.17) is 0 Å². The summed E-state index contributed by atoms with van der Waals surface area (Å²) < 4.78 is 0. The van der Waals surface area contributed by atoms with E-state index in [9.17, 15) is 5.11 Å². The summed E-state index contributed by atoms with van der Waals surface area (Å²) in [4.78, 5) is 0. The molecule has 1 aromatic carbocycles. The van der Waals surface area contributed by atoms with Gasteiger partial charge in [-0.2, -0.15) is 0 Å². The van der Waals surface area contributed by atoms with E-state index in [1.54, 1.807) is 0 Å². The van der Waals surface area contributed by atoms with Crippen LogP contribution in [0, 0.1) is 0 Å². The summed E-state index contributed by atoms with van der Waals surface area (Å²) in [5, 5.41) is 12.8. The molecule has 0 aromatic heterocycles. The molecular formula is C13H19NO. The second-order valence-corrected chi connectivity index (χ2v) is 4.37. The molecule has 1 saturated carbocycles. The van der Waals surface area contributed by atoms with Crippen molar-refractivity contribution < 1.29 is 5.11 Å². The molecule has 2 nitrogen and oxygen atoms in total. The predicted molar refractivity (Wildman–Crippen MR) is 61.9 cm³/mol. The van der Waals surface area contributed by atoms with Crippen molar-refractivity contribution in [1.82, 2.24) is 5.32 Å². The van der Waals surface area contributed by atoms with E-state index in [0.29, 0.717) is 6.54 Å². The maximum Gasteiger partial charge on any atom is 0.0914 e. The SMILES string of the molecule is CNCC(O)c1cccc(C2CCC2)c1. The third-order valence-corrected chi connectivity index (χ3v) is 3.27. The quantitative estimate of drug-likeness (QED) is 0.790. The van der Waals surface area contributed by atoms with Gasteiger partial charge in [0.2, 0.25) is 0 Å². The van der Waals surface area contributed by atoms with Crippen molar-refractivity contribution in [3.05, 3.63) is 35.4 Å². The molecule has 0 spiro atoms. The molecule has 0 amide bonds. The van der Waals surface area contributed by atoms with Gasteiger partial charge in [-0.25, -0.2) is 0 Å². The van der Waals surface area contributed by atoms with Crippen molar-refractivity contribution >= 4 is 0 Å². The lowest BCUT2D eigenvalue weighted by molar-refractivity contribution is 0.177. The van der Waals surface area contributed by atoms with Gasteiger partial charge < -0.3 is 10.4 Å². The molecular weight excluding hydrogens is 186 g/mol. The number of hydrogen-bond acceptors (Lipinski definition) is 2. The Hall–Kier alpha value is -0.860. The lowest BCUT2D eigenvalue weighted by Crippen LogP contribution is -2.17. The van der Waals surface area contributed by atoms with E-state index in [-0.39, 0.29) is 6.10 Å². The van der Waals surface area contributed by atoms with E-state index in [2.05, 4.69) is 23.5 Å². The molecule has 1 aromatic rings. The van der Waals surface area contributed by atoms with Crippen molar-refractivity contribution in [2.24, 2.45) is 0 Å². The first-order chi connectivity index (χ1) is 7.31. The molecule has 1 atom stereocenters. The van der Waals surface area contributed by atoms with Gasteiger partial charge in [-0.1, -0.05) is 30.7 Å². The van der Waals surface area contributed by atoms with Crippen molar-refractivity contribution in [3.63, 3.8) is 0 Å². The van der Waals surface area contributed by atoms with Crippen LogP contribution in [0.4, 0.5) is 0 Å². The summed E-state index contributed by atoms with van der Waals surface area (Å²) in [5.41, 5.74) is 2.43. The van der Waals surface area contributed by atoms with E-state index < -0.39 is 0 Å². The van der Waals surface area contributed by atoms with E-state index in [0.717, 1.165) is 11.5 Å². The summed E-state index contributed by atoms with van der Waals surface area (Å²) in [6.07, 6.45) is 3.60. The van der Waals surface area contributed by atoms with Gasteiger partial charge in [-0.05, 0) is 36.9 Å². The van der Waals surface area contributed by atoms with Crippen LogP contribution in [-0.2, 0) is 0 Å². The Balaban J connectivity index is 2.10. The topological polar surface area (TPSA) is 32.3 Å². The normalized spacial score (nSPS) is 18.5. The maximum atomic E-state index is 9.85. The van der Waals surface area contributed by atoms with Gasteiger partial charge in [0, 0.05) is 6.54 Å². The Morgan fingerprint density at radius 1 is 1.47 bits per heavy atom. The number of hydrogen-bond donors (Lipinski definition) is 2. The highest BCUT2D eigenvalue weighted by atomic mass is 16.3. The minimum absolute atomic E-state index is 0.380. The van der Waals surface area contributed by atoms with Crippen molar-refractivity contribution in [2.75, 3.05) is 13.6 Å². The van der Waals surface area contributed by atoms with Crippen LogP contribution in [0.3, 0.4) is 0 Å². The van der Waals surface area contributed by atoms with Crippen LogP contribution < -0.4 is 5.32 Å². The molecule has 0 saturated heterocycles. The smallest absolute Gasteiger partial charge is 0.0914 e. The van der Waals surface area contributed by atoms with Crippen molar-refractivity contribution in [3.8, 4) is 0 Å². The molecule has 1 fully saturated rings. The molecule has 2 rings (SSSR count). The van der Waals surface area contributed by atoms with Gasteiger partial charge in [-0.3, -0.25) is 0 Å². The van der Waals surface area contributed by atoms with Crippen LogP contribution in [0.25, 0.3) is 0 Å². The maximum absolute atomic E-state index is 9.85. The molecule has 1 unspecified atom stereocenters. The first kappa shape index (κ1) is 10.7. The lowest BCUT2D eigenvalue weighted by Gasteiger charge is -2.26. The largest absolute Gasteiger partial charge is 0.387 e. The Morgan fingerprint density at radius 2 is 2.27 bits per heavy atom. The zero-order valence-corrected chi connectivity index (χ0v) is 9.24. The molecule has 1 aliphatic carbocycles. The zero-order chi connectivity index (χ0) is 10.7. The third-order valence-electron chi connectivity index (χ3n) is 3.27. The average Bonchev–Trinajstić information content (AvgIpc) is 2.16. The van der Waals surface area contributed by atoms with Gasteiger partial charge in [0.05, 0.1) is 6.10 Å². The van der Waals surface area contributed by atoms with Crippen LogP contribution in [0.5, 0.6) is 0 Å². The molecule has 0 radical (unpaired) electrons. The zero-order valence-electron chi connectivity index (χ0n) is 9.24.